The Morgan fingerprint density at radius 2 is 2.00 bits per heavy atom. The second kappa shape index (κ2) is 6.90. The summed E-state index contributed by atoms with van der Waals surface area (Å²) >= 11 is 0. The Bertz CT molecular complexity index is 397. The number of rotatable bonds is 6. The van der Waals surface area contributed by atoms with Crippen LogP contribution in [0.4, 0.5) is 5.82 Å². The van der Waals surface area contributed by atoms with E-state index in [2.05, 4.69) is 30.9 Å². The van der Waals surface area contributed by atoms with Crippen molar-refractivity contribution in [1.82, 2.24) is 4.98 Å². The van der Waals surface area contributed by atoms with Crippen molar-refractivity contribution >= 4 is 5.82 Å². The van der Waals surface area contributed by atoms with Crippen molar-refractivity contribution in [2.45, 2.75) is 65.0 Å². The van der Waals surface area contributed by atoms with Gasteiger partial charge < -0.3 is 10.6 Å². The second-order valence-corrected chi connectivity index (χ2v) is 5.50. The zero-order chi connectivity index (χ0) is 13.7. The van der Waals surface area contributed by atoms with Gasteiger partial charge in [-0.3, -0.25) is 0 Å². The van der Waals surface area contributed by atoms with Gasteiger partial charge in [-0.1, -0.05) is 26.2 Å². The highest BCUT2D eigenvalue weighted by Crippen LogP contribution is 2.27. The average molecular weight is 261 g/mol. The molecule has 0 spiro atoms. The minimum absolute atomic E-state index is 0.606. The fourth-order valence-corrected chi connectivity index (χ4v) is 3.11. The Balaban J connectivity index is 2.26. The van der Waals surface area contributed by atoms with Crippen molar-refractivity contribution in [3.63, 3.8) is 0 Å². The molecule has 1 aliphatic carbocycles. The Hall–Kier alpha value is -1.09. The van der Waals surface area contributed by atoms with Crippen LogP contribution in [0, 0.1) is 0 Å². The highest BCUT2D eigenvalue weighted by Gasteiger charge is 2.22. The van der Waals surface area contributed by atoms with E-state index in [0.717, 1.165) is 25.2 Å². The fraction of sp³-hybridized carbons (Fsp3) is 0.688. The molecular formula is C16H27N3. The SMILES string of the molecule is CCCc1cc(CN)cc(N(CC)C2CCCC2)n1. The molecule has 1 aliphatic rings. The first-order valence-electron chi connectivity index (χ1n) is 7.75. The van der Waals surface area contributed by atoms with E-state index >= 15 is 0 Å². The van der Waals surface area contributed by atoms with Crippen molar-refractivity contribution < 1.29 is 0 Å². The van der Waals surface area contributed by atoms with Crippen LogP contribution >= 0.6 is 0 Å². The minimum Gasteiger partial charge on any atom is -0.354 e. The molecule has 0 atom stereocenters. The van der Waals surface area contributed by atoms with Crippen LogP contribution in [-0.4, -0.2) is 17.6 Å². The topological polar surface area (TPSA) is 42.1 Å². The molecule has 2 rings (SSSR count). The quantitative estimate of drug-likeness (QED) is 0.854. The number of hydrogen-bond donors (Lipinski definition) is 1. The number of aromatic nitrogens is 1. The molecule has 3 heteroatoms. The minimum atomic E-state index is 0.606. The first kappa shape index (κ1) is 14.3. The number of anilines is 1. The molecule has 106 valence electrons. The van der Waals surface area contributed by atoms with E-state index in [1.54, 1.807) is 0 Å². The zero-order valence-electron chi connectivity index (χ0n) is 12.4. The molecule has 19 heavy (non-hydrogen) atoms. The van der Waals surface area contributed by atoms with Gasteiger partial charge in [0.1, 0.15) is 5.82 Å². The van der Waals surface area contributed by atoms with Gasteiger partial charge in [0.2, 0.25) is 0 Å². The highest BCUT2D eigenvalue weighted by molar-refractivity contribution is 5.44. The second-order valence-electron chi connectivity index (χ2n) is 5.50. The van der Waals surface area contributed by atoms with Crippen molar-refractivity contribution in [2.24, 2.45) is 5.73 Å². The van der Waals surface area contributed by atoms with Crippen LogP contribution in [0.3, 0.4) is 0 Å². The van der Waals surface area contributed by atoms with Crippen LogP contribution in [0.1, 0.15) is 57.2 Å². The molecule has 1 aromatic rings. The molecule has 0 amide bonds. The predicted molar refractivity (Wildman–Crippen MR) is 81.4 cm³/mol. The van der Waals surface area contributed by atoms with Crippen LogP contribution in [0.5, 0.6) is 0 Å². The molecular weight excluding hydrogens is 234 g/mol. The van der Waals surface area contributed by atoms with Gasteiger partial charge in [0.25, 0.3) is 0 Å². The van der Waals surface area contributed by atoms with Crippen LogP contribution in [0.15, 0.2) is 12.1 Å². The van der Waals surface area contributed by atoms with E-state index in [1.807, 2.05) is 0 Å². The molecule has 1 fully saturated rings. The first-order valence-corrected chi connectivity index (χ1v) is 7.75. The lowest BCUT2D eigenvalue weighted by molar-refractivity contribution is 0.611. The maximum Gasteiger partial charge on any atom is 0.129 e. The summed E-state index contributed by atoms with van der Waals surface area (Å²) < 4.78 is 0. The standard InChI is InChI=1S/C16H27N3/c1-3-7-14-10-13(12-17)11-16(18-14)19(4-2)15-8-5-6-9-15/h10-11,15H,3-9,12,17H2,1-2H3. The maximum atomic E-state index is 5.83. The zero-order valence-corrected chi connectivity index (χ0v) is 12.4. The molecule has 0 unspecified atom stereocenters. The molecule has 2 N–H and O–H groups in total. The Morgan fingerprint density at radius 3 is 2.58 bits per heavy atom. The first-order chi connectivity index (χ1) is 9.28. The number of pyridine rings is 1. The smallest absolute Gasteiger partial charge is 0.129 e. The summed E-state index contributed by atoms with van der Waals surface area (Å²) in [6, 6.07) is 5.02. The summed E-state index contributed by atoms with van der Waals surface area (Å²) in [6.07, 6.45) is 7.52. The van der Waals surface area contributed by atoms with Gasteiger partial charge >= 0.3 is 0 Å². The molecule has 1 heterocycles. The van der Waals surface area contributed by atoms with Gasteiger partial charge in [0.15, 0.2) is 0 Å². The lowest BCUT2D eigenvalue weighted by Gasteiger charge is -2.29. The lowest BCUT2D eigenvalue weighted by atomic mass is 10.1. The summed E-state index contributed by atoms with van der Waals surface area (Å²) in [5.41, 5.74) is 8.24. The molecule has 0 aliphatic heterocycles. The molecule has 0 aromatic carbocycles. The van der Waals surface area contributed by atoms with Crippen molar-refractivity contribution in [3.05, 3.63) is 23.4 Å². The molecule has 0 bridgehead atoms. The predicted octanol–water partition coefficient (Wildman–Crippen LogP) is 3.26. The van der Waals surface area contributed by atoms with E-state index in [-0.39, 0.29) is 0 Å². The van der Waals surface area contributed by atoms with E-state index < -0.39 is 0 Å². The number of hydrogen-bond acceptors (Lipinski definition) is 3. The van der Waals surface area contributed by atoms with Gasteiger partial charge in [-0.25, -0.2) is 4.98 Å². The van der Waals surface area contributed by atoms with Gasteiger partial charge in [-0.05, 0) is 43.9 Å². The largest absolute Gasteiger partial charge is 0.354 e. The summed E-state index contributed by atoms with van der Waals surface area (Å²) in [5.74, 6) is 1.14. The fourth-order valence-electron chi connectivity index (χ4n) is 3.11. The highest BCUT2D eigenvalue weighted by atomic mass is 15.2. The Labute approximate surface area is 117 Å². The summed E-state index contributed by atoms with van der Waals surface area (Å²) in [6.45, 7) is 6.07. The number of nitrogens with zero attached hydrogens (tertiary/aromatic N) is 2. The third kappa shape index (κ3) is 3.47. The van der Waals surface area contributed by atoms with Crippen LogP contribution in [0.2, 0.25) is 0 Å². The third-order valence-corrected chi connectivity index (χ3v) is 4.07. The molecule has 3 nitrogen and oxygen atoms in total. The Morgan fingerprint density at radius 1 is 1.26 bits per heavy atom. The lowest BCUT2D eigenvalue weighted by Crippen LogP contribution is -2.34. The van der Waals surface area contributed by atoms with Gasteiger partial charge in [0.05, 0.1) is 0 Å². The van der Waals surface area contributed by atoms with Gasteiger partial charge in [-0.15, -0.1) is 0 Å². The van der Waals surface area contributed by atoms with Crippen LogP contribution in [-0.2, 0) is 13.0 Å². The van der Waals surface area contributed by atoms with Gasteiger partial charge in [-0.2, -0.15) is 0 Å². The third-order valence-electron chi connectivity index (χ3n) is 4.07. The van der Waals surface area contributed by atoms with Crippen LogP contribution in [0.25, 0.3) is 0 Å². The normalized spacial score (nSPS) is 15.9. The van der Waals surface area contributed by atoms with Gasteiger partial charge in [0, 0.05) is 24.8 Å². The Kier molecular flexibility index (Phi) is 5.20. The maximum absolute atomic E-state index is 5.83. The van der Waals surface area contributed by atoms with E-state index in [1.165, 1.54) is 36.9 Å². The number of nitrogens with two attached hydrogens (primary N) is 1. The van der Waals surface area contributed by atoms with Crippen LogP contribution < -0.4 is 10.6 Å². The summed E-state index contributed by atoms with van der Waals surface area (Å²) in [7, 11) is 0. The summed E-state index contributed by atoms with van der Waals surface area (Å²) in [5, 5.41) is 0. The molecule has 0 saturated heterocycles. The van der Waals surface area contributed by atoms with E-state index in [4.69, 9.17) is 10.7 Å². The molecule has 1 aromatic heterocycles. The van der Waals surface area contributed by atoms with Crippen molar-refractivity contribution in [3.8, 4) is 0 Å². The summed E-state index contributed by atoms with van der Waals surface area (Å²) in [4.78, 5) is 7.33. The van der Waals surface area contributed by atoms with E-state index in [9.17, 15) is 0 Å². The average Bonchev–Trinajstić information content (AvgIpc) is 2.93. The van der Waals surface area contributed by atoms with Crippen molar-refractivity contribution in [1.29, 1.82) is 0 Å². The number of aryl methyl sites for hydroxylation is 1. The monoisotopic (exact) mass is 261 g/mol. The van der Waals surface area contributed by atoms with Crippen molar-refractivity contribution in [2.75, 3.05) is 11.4 Å². The molecule has 0 radical (unpaired) electrons. The molecule has 1 saturated carbocycles. The van der Waals surface area contributed by atoms with E-state index in [0.29, 0.717) is 12.6 Å².